The molecule has 0 saturated carbocycles. The van der Waals surface area contributed by atoms with Gasteiger partial charge >= 0.3 is 5.69 Å². The molecule has 0 spiro atoms. The van der Waals surface area contributed by atoms with E-state index >= 15 is 0 Å². The number of nitrogens with one attached hydrogen (secondary N) is 1. The lowest BCUT2D eigenvalue weighted by molar-refractivity contribution is -0.118. The van der Waals surface area contributed by atoms with Gasteiger partial charge in [0, 0.05) is 11.8 Å². The number of aliphatic hydroxyl groups is 2. The van der Waals surface area contributed by atoms with Crippen LogP contribution in [0.3, 0.4) is 0 Å². The SMILES string of the molecule is CC[C@@H](O)C(CO)O[C@H](C)n1cc(C)c(=O)[nH]c1=O. The second-order valence-corrected chi connectivity index (χ2v) is 4.41. The van der Waals surface area contributed by atoms with Gasteiger partial charge in [-0.3, -0.25) is 14.3 Å². The van der Waals surface area contributed by atoms with Gasteiger partial charge in [-0.2, -0.15) is 0 Å². The van der Waals surface area contributed by atoms with E-state index in [4.69, 9.17) is 9.84 Å². The normalized spacial score (nSPS) is 16.1. The summed E-state index contributed by atoms with van der Waals surface area (Å²) in [5, 5.41) is 18.8. The first-order chi connectivity index (χ1) is 8.90. The Balaban J connectivity index is 2.95. The molecule has 1 aromatic rings. The first-order valence-electron chi connectivity index (χ1n) is 6.17. The summed E-state index contributed by atoms with van der Waals surface area (Å²) < 4.78 is 6.67. The van der Waals surface area contributed by atoms with Gasteiger partial charge in [0.1, 0.15) is 12.3 Å². The first kappa shape index (κ1) is 15.6. The number of aryl methyl sites for hydroxylation is 1. The fourth-order valence-electron chi connectivity index (χ4n) is 1.69. The molecule has 0 bridgehead atoms. The van der Waals surface area contributed by atoms with Crippen LogP contribution in [0.15, 0.2) is 15.8 Å². The van der Waals surface area contributed by atoms with Crippen molar-refractivity contribution < 1.29 is 14.9 Å². The van der Waals surface area contributed by atoms with Crippen LogP contribution >= 0.6 is 0 Å². The Bertz CT molecular complexity index is 522. The molecule has 3 N–H and O–H groups in total. The average molecular weight is 272 g/mol. The van der Waals surface area contributed by atoms with Crippen molar-refractivity contribution in [2.45, 2.75) is 45.6 Å². The van der Waals surface area contributed by atoms with Crippen molar-refractivity contribution in [3.05, 3.63) is 32.6 Å². The Kier molecular flexibility index (Phi) is 5.46. The van der Waals surface area contributed by atoms with Crippen LogP contribution in [0.1, 0.15) is 32.1 Å². The summed E-state index contributed by atoms with van der Waals surface area (Å²) in [6, 6.07) is 0. The monoisotopic (exact) mass is 272 g/mol. The highest BCUT2D eigenvalue weighted by atomic mass is 16.5. The number of nitrogens with zero attached hydrogens (tertiary/aromatic N) is 1. The Morgan fingerprint density at radius 2 is 2.11 bits per heavy atom. The van der Waals surface area contributed by atoms with E-state index in [9.17, 15) is 14.7 Å². The summed E-state index contributed by atoms with van der Waals surface area (Å²) in [5.74, 6) is 0. The molecule has 0 radical (unpaired) electrons. The zero-order valence-electron chi connectivity index (χ0n) is 11.3. The van der Waals surface area contributed by atoms with E-state index in [2.05, 4.69) is 4.98 Å². The van der Waals surface area contributed by atoms with Crippen molar-refractivity contribution in [1.29, 1.82) is 0 Å². The zero-order chi connectivity index (χ0) is 14.6. The number of hydrogen-bond acceptors (Lipinski definition) is 5. The van der Waals surface area contributed by atoms with E-state index < -0.39 is 29.7 Å². The Morgan fingerprint density at radius 1 is 1.47 bits per heavy atom. The fourth-order valence-corrected chi connectivity index (χ4v) is 1.69. The van der Waals surface area contributed by atoms with Gasteiger partial charge in [0.2, 0.25) is 0 Å². The summed E-state index contributed by atoms with van der Waals surface area (Å²) in [6.45, 7) is 4.59. The average Bonchev–Trinajstić information content (AvgIpc) is 2.38. The van der Waals surface area contributed by atoms with Crippen LogP contribution in [-0.2, 0) is 4.74 Å². The molecule has 1 aromatic heterocycles. The van der Waals surface area contributed by atoms with Gasteiger partial charge in [0.15, 0.2) is 0 Å². The minimum Gasteiger partial charge on any atom is -0.394 e. The molecule has 7 heteroatoms. The summed E-state index contributed by atoms with van der Waals surface area (Å²) in [7, 11) is 0. The Morgan fingerprint density at radius 3 is 2.63 bits per heavy atom. The van der Waals surface area contributed by atoms with Gasteiger partial charge in [-0.1, -0.05) is 6.92 Å². The third-order valence-electron chi connectivity index (χ3n) is 2.94. The zero-order valence-corrected chi connectivity index (χ0v) is 11.3. The molecular formula is C12H20N2O5. The van der Waals surface area contributed by atoms with Crippen molar-refractivity contribution in [2.24, 2.45) is 0 Å². The van der Waals surface area contributed by atoms with E-state index in [0.717, 1.165) is 0 Å². The van der Waals surface area contributed by atoms with Gasteiger partial charge in [0.05, 0.1) is 12.7 Å². The molecular weight excluding hydrogens is 252 g/mol. The van der Waals surface area contributed by atoms with Crippen LogP contribution in [0.5, 0.6) is 0 Å². The van der Waals surface area contributed by atoms with Crippen molar-refractivity contribution in [3.8, 4) is 0 Å². The molecule has 0 aliphatic heterocycles. The number of aliphatic hydroxyl groups excluding tert-OH is 2. The standard InChI is InChI=1S/C12H20N2O5/c1-4-9(16)10(6-15)19-8(3)14-5-7(2)11(17)13-12(14)18/h5,8-10,15-16H,4,6H2,1-3H3,(H,13,17,18)/t8-,9-,10?/m1/s1. The van der Waals surface area contributed by atoms with Crippen LogP contribution in [0.4, 0.5) is 0 Å². The largest absolute Gasteiger partial charge is 0.394 e. The van der Waals surface area contributed by atoms with E-state index in [1.807, 2.05) is 0 Å². The van der Waals surface area contributed by atoms with Gasteiger partial charge in [-0.25, -0.2) is 4.79 Å². The number of hydrogen-bond donors (Lipinski definition) is 3. The van der Waals surface area contributed by atoms with Crippen LogP contribution in [0, 0.1) is 6.92 Å². The molecule has 1 heterocycles. The van der Waals surface area contributed by atoms with E-state index in [1.165, 1.54) is 10.8 Å². The molecule has 3 atom stereocenters. The third kappa shape index (κ3) is 3.76. The molecule has 1 unspecified atom stereocenters. The molecule has 0 amide bonds. The van der Waals surface area contributed by atoms with E-state index in [-0.39, 0.29) is 6.61 Å². The Labute approximate surface area is 110 Å². The van der Waals surface area contributed by atoms with Gasteiger partial charge in [-0.15, -0.1) is 0 Å². The molecule has 0 fully saturated rings. The molecule has 0 saturated heterocycles. The van der Waals surface area contributed by atoms with Gasteiger partial charge in [0.25, 0.3) is 5.56 Å². The molecule has 1 rings (SSSR count). The number of aromatic amines is 1. The molecule has 108 valence electrons. The van der Waals surface area contributed by atoms with E-state index in [1.54, 1.807) is 20.8 Å². The molecule has 0 aromatic carbocycles. The predicted octanol–water partition coefficient (Wildman–Crippen LogP) is -0.488. The van der Waals surface area contributed by atoms with Crippen molar-refractivity contribution in [2.75, 3.05) is 6.61 Å². The molecule has 0 aliphatic carbocycles. The van der Waals surface area contributed by atoms with Crippen LogP contribution in [0.25, 0.3) is 0 Å². The smallest absolute Gasteiger partial charge is 0.330 e. The van der Waals surface area contributed by atoms with Crippen LogP contribution < -0.4 is 11.2 Å². The first-order valence-corrected chi connectivity index (χ1v) is 6.17. The molecule has 19 heavy (non-hydrogen) atoms. The van der Waals surface area contributed by atoms with Crippen molar-refractivity contribution in [3.63, 3.8) is 0 Å². The topological polar surface area (TPSA) is 105 Å². The fraction of sp³-hybridized carbons (Fsp3) is 0.667. The minimum atomic E-state index is -0.813. The summed E-state index contributed by atoms with van der Waals surface area (Å²) >= 11 is 0. The maximum atomic E-state index is 11.6. The number of H-pyrrole nitrogens is 1. The number of aromatic nitrogens is 2. The highest BCUT2D eigenvalue weighted by Crippen LogP contribution is 2.12. The van der Waals surface area contributed by atoms with Crippen LogP contribution in [-0.4, -0.2) is 38.6 Å². The Hall–Kier alpha value is -1.44. The number of rotatable bonds is 6. The molecule has 0 aliphatic rings. The summed E-state index contributed by atoms with van der Waals surface area (Å²) in [6.07, 6.45) is -0.483. The van der Waals surface area contributed by atoms with Crippen LogP contribution in [0.2, 0.25) is 0 Å². The van der Waals surface area contributed by atoms with Crippen molar-refractivity contribution >= 4 is 0 Å². The maximum absolute atomic E-state index is 11.6. The lowest BCUT2D eigenvalue weighted by Gasteiger charge is -2.25. The summed E-state index contributed by atoms with van der Waals surface area (Å²) in [5.41, 5.74) is -0.654. The lowest BCUT2D eigenvalue weighted by atomic mass is 10.1. The van der Waals surface area contributed by atoms with E-state index in [0.29, 0.717) is 12.0 Å². The maximum Gasteiger partial charge on any atom is 0.330 e. The minimum absolute atomic E-state index is 0.351. The quantitative estimate of drug-likeness (QED) is 0.648. The third-order valence-corrected chi connectivity index (χ3v) is 2.94. The predicted molar refractivity (Wildman–Crippen MR) is 69.0 cm³/mol. The second kappa shape index (κ2) is 6.65. The van der Waals surface area contributed by atoms with Crippen molar-refractivity contribution in [1.82, 2.24) is 9.55 Å². The van der Waals surface area contributed by atoms with Gasteiger partial charge < -0.3 is 14.9 Å². The number of ether oxygens (including phenoxy) is 1. The van der Waals surface area contributed by atoms with Gasteiger partial charge in [-0.05, 0) is 20.3 Å². The summed E-state index contributed by atoms with van der Waals surface area (Å²) in [4.78, 5) is 25.1. The second-order valence-electron chi connectivity index (χ2n) is 4.41. The highest BCUT2D eigenvalue weighted by molar-refractivity contribution is 5.01. The lowest BCUT2D eigenvalue weighted by Crippen LogP contribution is -2.38. The highest BCUT2D eigenvalue weighted by Gasteiger charge is 2.21. The molecule has 7 nitrogen and oxygen atoms in total.